The number of carbonyl (C=O) groups is 4. The van der Waals surface area contributed by atoms with Crippen LogP contribution in [0, 0.1) is 6.92 Å². The number of ether oxygens (including phenoxy) is 2. The molecule has 10 rings (SSSR count). The second-order valence-electron chi connectivity index (χ2n) is 21.5. The molecule has 80 heavy (non-hydrogen) atoms. The molecule has 3 aromatic heterocycles. The van der Waals surface area contributed by atoms with Crippen molar-refractivity contribution in [1.82, 2.24) is 39.8 Å². The third kappa shape index (κ3) is 12.4. The van der Waals surface area contributed by atoms with E-state index in [0.29, 0.717) is 104 Å². The van der Waals surface area contributed by atoms with Crippen LogP contribution in [0.15, 0.2) is 120 Å². The van der Waals surface area contributed by atoms with Crippen LogP contribution in [0.1, 0.15) is 116 Å². The number of alkyl halides is 2. The first-order chi connectivity index (χ1) is 38.5. The fraction of sp³-hybridized carbons (Fsp3) is 0.377. The zero-order valence-corrected chi connectivity index (χ0v) is 45.1. The van der Waals surface area contributed by atoms with Gasteiger partial charge < -0.3 is 35.4 Å². The van der Waals surface area contributed by atoms with Gasteiger partial charge in [-0.15, -0.1) is 8.78 Å². The Balaban J connectivity index is 0.623. The Labute approximate surface area is 461 Å². The first kappa shape index (κ1) is 55.0. The number of piperidine rings is 1. The molecular formula is C61H65F2N9O8. The quantitative estimate of drug-likeness (QED) is 0.0499. The number of hydrogen-bond acceptors (Lipinski definition) is 11. The minimum Gasteiger partial charge on any atom is -0.395 e. The predicted octanol–water partition coefficient (Wildman–Crippen LogP) is 9.09. The van der Waals surface area contributed by atoms with Crippen molar-refractivity contribution in [1.29, 1.82) is 0 Å². The maximum Gasteiger partial charge on any atom is 0.586 e. The van der Waals surface area contributed by atoms with Gasteiger partial charge in [-0.3, -0.25) is 33.2 Å². The van der Waals surface area contributed by atoms with Crippen LogP contribution < -0.4 is 31.0 Å². The average Bonchev–Trinajstić information content (AvgIpc) is 4.13. The van der Waals surface area contributed by atoms with Crippen molar-refractivity contribution in [2.45, 2.75) is 121 Å². The number of nitrogens with zero attached hydrogens (tertiary/aromatic N) is 6. The number of nitrogens with one attached hydrogen (secondary N) is 3. The molecule has 17 nitrogen and oxygen atoms in total. The highest BCUT2D eigenvalue weighted by atomic mass is 19.3. The lowest BCUT2D eigenvalue weighted by Gasteiger charge is -2.38. The van der Waals surface area contributed by atoms with E-state index in [1.165, 1.54) is 23.0 Å². The van der Waals surface area contributed by atoms with Crippen LogP contribution in [-0.4, -0.2) is 89.5 Å². The summed E-state index contributed by atoms with van der Waals surface area (Å²) in [5.74, 6) is -0.299. The number of pyridine rings is 1. The van der Waals surface area contributed by atoms with Crippen molar-refractivity contribution < 1.29 is 42.5 Å². The third-order valence-corrected chi connectivity index (χ3v) is 15.6. The summed E-state index contributed by atoms with van der Waals surface area (Å²) in [6.07, 6.45) is 4.45. The molecule has 4 aromatic carbocycles. The van der Waals surface area contributed by atoms with E-state index >= 15 is 0 Å². The highest BCUT2D eigenvalue weighted by Crippen LogP contribution is 2.52. The molecule has 1 aliphatic carbocycles. The molecule has 0 spiro atoms. The Bertz CT molecular complexity index is 3500. The molecule has 4 amide bonds. The van der Waals surface area contributed by atoms with Gasteiger partial charge in [0.25, 0.3) is 11.5 Å². The largest absolute Gasteiger partial charge is 0.586 e. The highest BCUT2D eigenvalue weighted by Gasteiger charge is 2.53. The maximum absolute atomic E-state index is 13.7. The number of aliphatic hydroxyl groups is 1. The number of benzene rings is 4. The molecule has 1 atom stereocenters. The molecular weight excluding hydrogens is 1020 g/mol. The van der Waals surface area contributed by atoms with Crippen molar-refractivity contribution in [3.63, 3.8) is 0 Å². The van der Waals surface area contributed by atoms with Crippen molar-refractivity contribution in [3.05, 3.63) is 154 Å². The van der Waals surface area contributed by atoms with E-state index < -0.39 is 17.3 Å². The molecule has 0 unspecified atom stereocenters. The number of carbonyl (C=O) groups excluding carboxylic acids is 4. The van der Waals surface area contributed by atoms with Crippen LogP contribution in [-0.2, 0) is 39.9 Å². The molecule has 1 saturated heterocycles. The molecule has 2 aliphatic heterocycles. The minimum absolute atomic E-state index is 0.0384. The van der Waals surface area contributed by atoms with Gasteiger partial charge in [0.2, 0.25) is 17.7 Å². The normalized spacial score (nSPS) is 16.0. The van der Waals surface area contributed by atoms with Crippen LogP contribution in [0.25, 0.3) is 33.5 Å². The summed E-state index contributed by atoms with van der Waals surface area (Å²) in [5.41, 5.74) is 4.90. The van der Waals surface area contributed by atoms with Gasteiger partial charge in [0.05, 0.1) is 35.3 Å². The Morgan fingerprint density at radius 3 is 2.29 bits per heavy atom. The van der Waals surface area contributed by atoms with Gasteiger partial charge in [0.15, 0.2) is 17.0 Å². The topological polar surface area (TPSA) is 212 Å². The molecule has 7 aromatic rings. The molecule has 2 fully saturated rings. The molecule has 19 heteroatoms. The van der Waals surface area contributed by atoms with Crippen molar-refractivity contribution in [2.24, 2.45) is 7.05 Å². The van der Waals surface area contributed by atoms with Crippen LogP contribution in [0.4, 0.5) is 14.6 Å². The Kier molecular flexibility index (Phi) is 15.9. The van der Waals surface area contributed by atoms with Crippen molar-refractivity contribution in [3.8, 4) is 34.0 Å². The predicted molar refractivity (Wildman–Crippen MR) is 297 cm³/mol. The van der Waals surface area contributed by atoms with Gasteiger partial charge in [-0.05, 0) is 104 Å². The van der Waals surface area contributed by atoms with E-state index in [0.717, 1.165) is 54.4 Å². The standard InChI is InChI=1S/C61H65F2N9O8/c1-39-18-25-49(68-58(77)60(26-27-60)46-23-24-47-48(35-46)80-61(62,63)79-47)67-52(39)44-15-12-16-45(34-44)56(75)64-30-11-6-4-5-10-17-50(73)65-36-41-19-21-43(22-20-41)55-53-54(69-70(55)3)57(76)72(38-66-53)37-59(78)28-31-71(32-29-59)51(74)33-40(2)42-13-8-7-9-14-42/h7-9,12-16,18-25,34-35,38,40,78H,4-6,10-11,17,26-33,36-37H2,1-3H3,(H,64,75)(H,65,73)(H,67,68,77)/t40-/m1/s1. The number of hydrogen-bond donors (Lipinski definition) is 4. The first-order valence-corrected chi connectivity index (χ1v) is 27.4. The van der Waals surface area contributed by atoms with Crippen LogP contribution >= 0.6 is 0 Å². The van der Waals surface area contributed by atoms with Gasteiger partial charge >= 0.3 is 6.29 Å². The summed E-state index contributed by atoms with van der Waals surface area (Å²) in [5, 5.41) is 25.0. The van der Waals surface area contributed by atoms with Crippen LogP contribution in [0.5, 0.6) is 11.5 Å². The Morgan fingerprint density at radius 1 is 0.787 bits per heavy atom. The number of amides is 4. The average molecular weight is 1090 g/mol. The molecule has 416 valence electrons. The summed E-state index contributed by atoms with van der Waals surface area (Å²) >= 11 is 0. The van der Waals surface area contributed by atoms with E-state index in [4.69, 9.17) is 4.98 Å². The molecule has 1 saturated carbocycles. The number of rotatable bonds is 21. The number of halogens is 2. The minimum atomic E-state index is -3.75. The molecule has 4 N–H and O–H groups in total. The fourth-order valence-electron chi connectivity index (χ4n) is 10.7. The molecule has 0 bridgehead atoms. The lowest BCUT2D eigenvalue weighted by molar-refractivity contribution is -0.286. The summed E-state index contributed by atoms with van der Waals surface area (Å²) < 4.78 is 39.5. The van der Waals surface area contributed by atoms with Gasteiger partial charge in [0, 0.05) is 62.8 Å². The Hall–Kier alpha value is -8.32. The first-order valence-electron chi connectivity index (χ1n) is 27.4. The van der Waals surface area contributed by atoms with E-state index in [2.05, 4.69) is 35.5 Å². The van der Waals surface area contributed by atoms with Gasteiger partial charge in [-0.2, -0.15) is 5.10 Å². The lowest BCUT2D eigenvalue weighted by Crippen LogP contribution is -2.49. The van der Waals surface area contributed by atoms with E-state index in [1.54, 1.807) is 47.0 Å². The number of anilines is 1. The van der Waals surface area contributed by atoms with E-state index in [1.807, 2.05) is 80.6 Å². The smallest absolute Gasteiger partial charge is 0.395 e. The summed E-state index contributed by atoms with van der Waals surface area (Å²) in [7, 11) is 1.76. The maximum atomic E-state index is 13.7. The number of fused-ring (bicyclic) bond motifs is 2. The lowest BCUT2D eigenvalue weighted by atomic mass is 9.90. The highest BCUT2D eigenvalue weighted by molar-refractivity contribution is 6.01. The van der Waals surface area contributed by atoms with Crippen molar-refractivity contribution >= 4 is 40.5 Å². The number of likely N-dealkylation sites (tertiary alicyclic amines) is 1. The van der Waals surface area contributed by atoms with E-state index in [9.17, 15) is 37.9 Å². The van der Waals surface area contributed by atoms with Crippen molar-refractivity contribution in [2.75, 3.05) is 25.0 Å². The van der Waals surface area contributed by atoms with Crippen LogP contribution in [0.2, 0.25) is 0 Å². The number of aryl methyl sites for hydroxylation is 2. The fourth-order valence-corrected chi connectivity index (χ4v) is 10.7. The Morgan fingerprint density at radius 2 is 1.52 bits per heavy atom. The van der Waals surface area contributed by atoms with Crippen LogP contribution in [0.3, 0.4) is 0 Å². The molecule has 5 heterocycles. The third-order valence-electron chi connectivity index (χ3n) is 15.6. The van der Waals surface area contributed by atoms with Gasteiger partial charge in [0.1, 0.15) is 11.3 Å². The second kappa shape index (κ2) is 23.2. The summed E-state index contributed by atoms with van der Waals surface area (Å²) in [4.78, 5) is 77.6. The second-order valence-corrected chi connectivity index (χ2v) is 21.5. The summed E-state index contributed by atoms with van der Waals surface area (Å²) in [6.45, 7) is 5.65. The van der Waals surface area contributed by atoms with Gasteiger partial charge in [-0.25, -0.2) is 9.97 Å². The molecule has 0 radical (unpaired) electrons. The zero-order valence-electron chi connectivity index (χ0n) is 45.1. The van der Waals surface area contributed by atoms with Gasteiger partial charge in [-0.1, -0.05) is 105 Å². The molecule has 3 aliphatic rings. The van der Waals surface area contributed by atoms with E-state index in [-0.39, 0.29) is 58.7 Å². The summed E-state index contributed by atoms with van der Waals surface area (Å²) in [6, 6.07) is 32.7. The number of unbranched alkanes of at least 4 members (excludes halogenated alkanes) is 4. The zero-order chi connectivity index (χ0) is 56.2. The SMILES string of the molecule is Cc1ccc(NC(=O)C2(c3ccc4c(c3)OC(F)(F)O4)CC2)nc1-c1cccc(C(=O)NCCCCCCCC(=O)NCc2ccc(-c3c4ncn(CC5(O)CCN(C(=O)C[C@@H](C)c6ccccc6)CC5)c(=O)c4nn3C)cc2)c1. The monoisotopic (exact) mass is 1090 g/mol. The number of aromatic nitrogens is 5.